The van der Waals surface area contributed by atoms with Crippen molar-refractivity contribution in [2.24, 2.45) is 0 Å². The predicted molar refractivity (Wildman–Crippen MR) is 130 cm³/mol. The van der Waals surface area contributed by atoms with E-state index in [1.807, 2.05) is 51.1 Å². The standard InChI is InChI=1S/C25H35N3O4S/c1-5-17-26-25(30)23(6-2)28(18-16-21-10-8-7-9-11-21)24(29)19-27(4)33(31,32)22-14-12-20(3)13-15-22/h7-15,23H,5-6,16-19H2,1-4H3,(H,26,30)/t23-/m1/s1. The van der Waals surface area contributed by atoms with E-state index in [1.165, 1.54) is 24.1 Å². The minimum absolute atomic E-state index is 0.131. The minimum Gasteiger partial charge on any atom is -0.354 e. The van der Waals surface area contributed by atoms with Gasteiger partial charge in [0.25, 0.3) is 0 Å². The molecule has 0 saturated carbocycles. The molecule has 1 N–H and O–H groups in total. The number of rotatable bonds is 12. The average molecular weight is 474 g/mol. The molecular formula is C25H35N3O4S. The van der Waals surface area contributed by atoms with Crippen LogP contribution in [-0.2, 0) is 26.0 Å². The van der Waals surface area contributed by atoms with Crippen LogP contribution in [0.4, 0.5) is 0 Å². The van der Waals surface area contributed by atoms with Crippen molar-refractivity contribution in [3.63, 3.8) is 0 Å². The maximum absolute atomic E-state index is 13.3. The van der Waals surface area contributed by atoms with Crippen molar-refractivity contribution in [1.29, 1.82) is 0 Å². The second-order valence-electron chi connectivity index (χ2n) is 8.11. The molecule has 7 nitrogen and oxygen atoms in total. The Bertz CT molecular complexity index is 1010. The van der Waals surface area contributed by atoms with Gasteiger partial charge in [0.15, 0.2) is 0 Å². The van der Waals surface area contributed by atoms with Crippen LogP contribution in [0.2, 0.25) is 0 Å². The fourth-order valence-corrected chi connectivity index (χ4v) is 4.64. The summed E-state index contributed by atoms with van der Waals surface area (Å²) in [6, 6.07) is 15.6. The number of carbonyl (C=O) groups is 2. The molecule has 0 radical (unpaired) electrons. The monoisotopic (exact) mass is 473 g/mol. The number of amides is 2. The smallest absolute Gasteiger partial charge is 0.243 e. The third-order valence-corrected chi connectivity index (χ3v) is 7.32. The third kappa shape index (κ3) is 7.40. The Morgan fingerprint density at radius 3 is 2.21 bits per heavy atom. The van der Waals surface area contributed by atoms with Gasteiger partial charge in [-0.05, 0) is 43.9 Å². The van der Waals surface area contributed by atoms with Crippen molar-refractivity contribution in [2.45, 2.75) is 51.0 Å². The van der Waals surface area contributed by atoms with Crippen LogP contribution in [0.25, 0.3) is 0 Å². The van der Waals surface area contributed by atoms with Crippen molar-refractivity contribution in [3.05, 3.63) is 65.7 Å². The summed E-state index contributed by atoms with van der Waals surface area (Å²) in [7, 11) is -2.44. The van der Waals surface area contributed by atoms with Gasteiger partial charge in [0, 0.05) is 20.1 Å². The highest BCUT2D eigenvalue weighted by atomic mass is 32.2. The van der Waals surface area contributed by atoms with Gasteiger partial charge in [0.2, 0.25) is 21.8 Å². The Morgan fingerprint density at radius 1 is 1.00 bits per heavy atom. The zero-order chi connectivity index (χ0) is 24.4. The molecule has 0 unspecified atom stereocenters. The van der Waals surface area contributed by atoms with Crippen molar-refractivity contribution in [2.75, 3.05) is 26.7 Å². The predicted octanol–water partition coefficient (Wildman–Crippen LogP) is 2.99. The lowest BCUT2D eigenvalue weighted by Crippen LogP contribution is -2.52. The molecule has 0 bridgehead atoms. The molecule has 0 spiro atoms. The molecule has 0 saturated heterocycles. The van der Waals surface area contributed by atoms with Crippen molar-refractivity contribution in [3.8, 4) is 0 Å². The highest BCUT2D eigenvalue weighted by Gasteiger charge is 2.31. The van der Waals surface area contributed by atoms with Crippen molar-refractivity contribution < 1.29 is 18.0 Å². The van der Waals surface area contributed by atoms with Crippen LogP contribution in [-0.4, -0.2) is 62.2 Å². The summed E-state index contributed by atoms with van der Waals surface area (Å²) in [6.07, 6.45) is 1.79. The molecule has 8 heteroatoms. The third-order valence-electron chi connectivity index (χ3n) is 5.51. The van der Waals surface area contributed by atoms with Gasteiger partial charge in [-0.2, -0.15) is 4.31 Å². The Labute approximate surface area is 197 Å². The van der Waals surface area contributed by atoms with Gasteiger partial charge >= 0.3 is 0 Å². The lowest BCUT2D eigenvalue weighted by Gasteiger charge is -2.32. The van der Waals surface area contributed by atoms with E-state index in [0.717, 1.165) is 21.9 Å². The van der Waals surface area contributed by atoms with Gasteiger partial charge in [-0.1, -0.05) is 61.9 Å². The summed E-state index contributed by atoms with van der Waals surface area (Å²) in [5, 5.41) is 2.87. The van der Waals surface area contributed by atoms with E-state index in [-0.39, 0.29) is 17.3 Å². The maximum Gasteiger partial charge on any atom is 0.243 e. The largest absolute Gasteiger partial charge is 0.354 e. The summed E-state index contributed by atoms with van der Waals surface area (Å²) in [4.78, 5) is 27.8. The van der Waals surface area contributed by atoms with Crippen LogP contribution in [0, 0.1) is 6.92 Å². The molecule has 2 aromatic rings. The number of aryl methyl sites for hydroxylation is 1. The molecule has 0 aliphatic heterocycles. The van der Waals surface area contributed by atoms with Gasteiger partial charge in [-0.15, -0.1) is 0 Å². The van der Waals surface area contributed by atoms with E-state index in [1.54, 1.807) is 12.1 Å². The second-order valence-corrected chi connectivity index (χ2v) is 10.2. The summed E-state index contributed by atoms with van der Waals surface area (Å²) in [5.74, 6) is -0.618. The summed E-state index contributed by atoms with van der Waals surface area (Å²) >= 11 is 0. The molecule has 2 amide bonds. The first-order valence-electron chi connectivity index (χ1n) is 11.3. The number of nitrogens with zero attached hydrogens (tertiary/aromatic N) is 2. The quantitative estimate of drug-likeness (QED) is 0.513. The van der Waals surface area contributed by atoms with Crippen molar-refractivity contribution >= 4 is 21.8 Å². The summed E-state index contributed by atoms with van der Waals surface area (Å²) in [5.41, 5.74) is 1.99. The number of benzene rings is 2. The van der Waals surface area contributed by atoms with Crippen LogP contribution in [0.1, 0.15) is 37.8 Å². The SMILES string of the molecule is CCCNC(=O)[C@@H](CC)N(CCc1ccccc1)C(=O)CN(C)S(=O)(=O)c1ccc(C)cc1. The highest BCUT2D eigenvalue weighted by molar-refractivity contribution is 7.89. The van der Waals surface area contributed by atoms with E-state index < -0.39 is 22.0 Å². The highest BCUT2D eigenvalue weighted by Crippen LogP contribution is 2.16. The number of sulfonamides is 1. The molecular weight excluding hydrogens is 438 g/mol. The first-order valence-corrected chi connectivity index (χ1v) is 12.8. The maximum atomic E-state index is 13.3. The Morgan fingerprint density at radius 2 is 1.64 bits per heavy atom. The van der Waals surface area contributed by atoms with E-state index in [4.69, 9.17) is 0 Å². The lowest BCUT2D eigenvalue weighted by molar-refractivity contribution is -0.140. The van der Waals surface area contributed by atoms with Gasteiger partial charge < -0.3 is 10.2 Å². The number of carbonyl (C=O) groups excluding carboxylic acids is 2. The Balaban J connectivity index is 2.23. The molecule has 2 rings (SSSR count). The summed E-state index contributed by atoms with van der Waals surface area (Å²) in [6.45, 7) is 6.19. The van der Waals surface area contributed by atoms with Crippen LogP contribution in [0.15, 0.2) is 59.5 Å². The van der Waals surface area contributed by atoms with Crippen molar-refractivity contribution in [1.82, 2.24) is 14.5 Å². The van der Waals surface area contributed by atoms with E-state index in [9.17, 15) is 18.0 Å². The number of nitrogens with one attached hydrogen (secondary N) is 1. The van der Waals surface area contributed by atoms with Gasteiger partial charge in [-0.25, -0.2) is 8.42 Å². The van der Waals surface area contributed by atoms with Gasteiger partial charge in [0.1, 0.15) is 6.04 Å². The molecule has 0 fully saturated rings. The fraction of sp³-hybridized carbons (Fsp3) is 0.440. The Kier molecular flexibility index (Phi) is 10.1. The summed E-state index contributed by atoms with van der Waals surface area (Å²) < 4.78 is 27.0. The molecule has 2 aromatic carbocycles. The first-order chi connectivity index (χ1) is 15.7. The second kappa shape index (κ2) is 12.5. The van der Waals surface area contributed by atoms with Crippen LogP contribution in [0.5, 0.6) is 0 Å². The molecule has 1 atom stereocenters. The number of hydrogen-bond donors (Lipinski definition) is 1. The normalized spacial score (nSPS) is 12.4. The fourth-order valence-electron chi connectivity index (χ4n) is 3.52. The molecule has 180 valence electrons. The molecule has 0 heterocycles. The van der Waals surface area contributed by atoms with Gasteiger partial charge in [0.05, 0.1) is 11.4 Å². The topological polar surface area (TPSA) is 86.8 Å². The van der Waals surface area contributed by atoms with Crippen LogP contribution >= 0.6 is 0 Å². The molecule has 33 heavy (non-hydrogen) atoms. The van der Waals surface area contributed by atoms with E-state index in [0.29, 0.717) is 25.9 Å². The minimum atomic E-state index is -3.83. The van der Waals surface area contributed by atoms with Crippen LogP contribution < -0.4 is 5.32 Å². The molecule has 0 aliphatic rings. The Hall–Kier alpha value is -2.71. The van der Waals surface area contributed by atoms with Crippen LogP contribution in [0.3, 0.4) is 0 Å². The van der Waals surface area contributed by atoms with Gasteiger partial charge in [-0.3, -0.25) is 9.59 Å². The average Bonchev–Trinajstić information content (AvgIpc) is 2.80. The lowest BCUT2D eigenvalue weighted by atomic mass is 10.1. The molecule has 0 aromatic heterocycles. The molecule has 0 aliphatic carbocycles. The van der Waals surface area contributed by atoms with E-state index >= 15 is 0 Å². The zero-order valence-electron chi connectivity index (χ0n) is 20.0. The van der Waals surface area contributed by atoms with E-state index in [2.05, 4.69) is 5.32 Å². The first kappa shape index (κ1) is 26.5. The number of likely N-dealkylation sites (N-methyl/N-ethyl adjacent to an activating group) is 1. The zero-order valence-corrected chi connectivity index (χ0v) is 20.8. The number of hydrogen-bond acceptors (Lipinski definition) is 4.